The van der Waals surface area contributed by atoms with Gasteiger partial charge in [0.1, 0.15) is 16.8 Å². The fraction of sp³-hybridized carbons (Fsp3) is 0.0833. The van der Waals surface area contributed by atoms with Crippen LogP contribution in [0.2, 0.25) is 0 Å². The minimum Gasteiger partial charge on any atom is -0.468 e. The first-order chi connectivity index (χ1) is 15.8. The highest BCUT2D eigenvalue weighted by atomic mass is 32.2. The molecule has 0 aliphatic carbocycles. The molecule has 0 radical (unpaired) electrons. The highest BCUT2D eigenvalue weighted by Crippen LogP contribution is 2.30. The van der Waals surface area contributed by atoms with Crippen molar-refractivity contribution in [3.05, 3.63) is 109 Å². The maximum Gasteiger partial charge on any atom is 0.240 e. The predicted octanol–water partition coefficient (Wildman–Crippen LogP) is 4.58. The van der Waals surface area contributed by atoms with E-state index in [1.807, 2.05) is 30.3 Å². The molecular weight excluding hydrogens is 465 g/mol. The molecule has 1 N–H and O–H groups in total. The van der Waals surface area contributed by atoms with E-state index in [0.717, 1.165) is 35.4 Å². The molecule has 1 heterocycles. The molecule has 170 valence electrons. The van der Waals surface area contributed by atoms with Gasteiger partial charge in [-0.25, -0.2) is 25.9 Å². The third kappa shape index (κ3) is 5.05. The van der Waals surface area contributed by atoms with Gasteiger partial charge in [0.15, 0.2) is 9.84 Å². The lowest BCUT2D eigenvalue weighted by Gasteiger charge is -2.17. The Morgan fingerprint density at radius 2 is 1.33 bits per heavy atom. The molecule has 1 unspecified atom stereocenters. The molecule has 3 aromatic carbocycles. The van der Waals surface area contributed by atoms with Crippen LogP contribution in [0, 0.1) is 5.82 Å². The molecule has 33 heavy (non-hydrogen) atoms. The number of hydrogen-bond acceptors (Lipinski definition) is 5. The normalized spacial score (nSPS) is 13.0. The second-order valence-electron chi connectivity index (χ2n) is 7.25. The van der Waals surface area contributed by atoms with Crippen LogP contribution in [0.5, 0.6) is 0 Å². The molecule has 4 aromatic rings. The average Bonchev–Trinajstić information content (AvgIpc) is 3.34. The fourth-order valence-electron chi connectivity index (χ4n) is 3.35. The van der Waals surface area contributed by atoms with Crippen LogP contribution in [0.4, 0.5) is 4.39 Å². The van der Waals surface area contributed by atoms with Crippen molar-refractivity contribution < 1.29 is 25.6 Å². The van der Waals surface area contributed by atoms with Gasteiger partial charge in [0.2, 0.25) is 10.0 Å². The molecule has 6 nitrogen and oxygen atoms in total. The summed E-state index contributed by atoms with van der Waals surface area (Å²) in [6.07, 6.45) is 1.30. The largest absolute Gasteiger partial charge is 0.468 e. The summed E-state index contributed by atoms with van der Waals surface area (Å²) in [6, 6.07) is 23.1. The number of sulfone groups is 1. The minimum atomic E-state index is -4.08. The summed E-state index contributed by atoms with van der Waals surface area (Å²) in [6.45, 7) is -0.462. The molecule has 0 saturated heterocycles. The predicted molar refractivity (Wildman–Crippen MR) is 122 cm³/mol. The van der Waals surface area contributed by atoms with Crippen molar-refractivity contribution in [2.75, 3.05) is 6.54 Å². The van der Waals surface area contributed by atoms with Crippen LogP contribution in [0.1, 0.15) is 11.0 Å². The highest BCUT2D eigenvalue weighted by Gasteiger charge is 2.33. The fourth-order valence-corrected chi connectivity index (χ4v) is 6.09. The lowest BCUT2D eigenvalue weighted by Crippen LogP contribution is -2.31. The van der Waals surface area contributed by atoms with Gasteiger partial charge in [0.25, 0.3) is 0 Å². The molecule has 0 aliphatic rings. The van der Waals surface area contributed by atoms with Crippen LogP contribution in [0.3, 0.4) is 0 Å². The van der Waals surface area contributed by atoms with E-state index in [1.165, 1.54) is 30.5 Å². The Labute approximate surface area is 191 Å². The first-order valence-electron chi connectivity index (χ1n) is 9.95. The molecule has 0 fully saturated rings. The number of hydrogen-bond donors (Lipinski definition) is 1. The van der Waals surface area contributed by atoms with Crippen molar-refractivity contribution in [2.45, 2.75) is 15.0 Å². The molecular formula is C24H20FNO5S2. The maximum absolute atomic E-state index is 13.3. The summed E-state index contributed by atoms with van der Waals surface area (Å²) in [5.41, 5.74) is 1.79. The Morgan fingerprint density at radius 3 is 1.94 bits per heavy atom. The van der Waals surface area contributed by atoms with Gasteiger partial charge in [0.05, 0.1) is 16.1 Å². The van der Waals surface area contributed by atoms with Crippen LogP contribution in [-0.2, 0) is 19.9 Å². The monoisotopic (exact) mass is 485 g/mol. The lowest BCUT2D eigenvalue weighted by molar-refractivity contribution is 0.486. The molecule has 9 heteroatoms. The second kappa shape index (κ2) is 9.30. The Balaban J connectivity index is 1.58. The standard InChI is InChI=1S/C24H20FNO5S2/c25-20-10-14-21(15-11-20)32(27,28)24(23-7-4-16-31-23)17-26-33(29,30)22-12-8-19(9-13-22)18-5-2-1-3-6-18/h1-16,24,26H,17H2. The van der Waals surface area contributed by atoms with Crippen LogP contribution >= 0.6 is 0 Å². The SMILES string of the molecule is O=S(=O)(NCC(c1ccco1)S(=O)(=O)c1ccc(F)cc1)c1ccc(-c2ccccc2)cc1. The van der Waals surface area contributed by atoms with Gasteiger partial charge in [-0.2, -0.15) is 0 Å². The van der Waals surface area contributed by atoms with Crippen molar-refractivity contribution in [1.82, 2.24) is 4.72 Å². The molecule has 0 aliphatic heterocycles. The molecule has 0 saturated carbocycles. The minimum absolute atomic E-state index is 0.000411. The summed E-state index contributed by atoms with van der Waals surface area (Å²) in [5.74, 6) is -0.510. The summed E-state index contributed by atoms with van der Waals surface area (Å²) in [7, 11) is -8.09. The smallest absolute Gasteiger partial charge is 0.240 e. The summed E-state index contributed by atoms with van der Waals surface area (Å²) in [4.78, 5) is -0.142. The van der Waals surface area contributed by atoms with E-state index < -0.39 is 37.5 Å². The van der Waals surface area contributed by atoms with Gasteiger partial charge < -0.3 is 4.42 Å². The molecule has 1 aromatic heterocycles. The molecule has 0 bridgehead atoms. The lowest BCUT2D eigenvalue weighted by atomic mass is 10.1. The number of halogens is 1. The topological polar surface area (TPSA) is 93.4 Å². The van der Waals surface area contributed by atoms with Gasteiger partial charge in [-0.05, 0) is 59.7 Å². The Morgan fingerprint density at radius 1 is 0.727 bits per heavy atom. The quantitative estimate of drug-likeness (QED) is 0.369. The molecule has 1 atom stereocenters. The number of rotatable bonds is 8. The third-order valence-corrected chi connectivity index (χ3v) is 8.62. The zero-order valence-corrected chi connectivity index (χ0v) is 18.9. The van der Waals surface area contributed by atoms with E-state index in [0.29, 0.717) is 0 Å². The number of benzene rings is 3. The van der Waals surface area contributed by atoms with Gasteiger partial charge >= 0.3 is 0 Å². The van der Waals surface area contributed by atoms with E-state index in [4.69, 9.17) is 4.42 Å². The first kappa shape index (κ1) is 22.9. The van der Waals surface area contributed by atoms with Crippen molar-refractivity contribution in [3.8, 4) is 11.1 Å². The van der Waals surface area contributed by atoms with E-state index >= 15 is 0 Å². The van der Waals surface area contributed by atoms with Crippen molar-refractivity contribution in [2.24, 2.45) is 0 Å². The number of furan rings is 1. The zero-order valence-electron chi connectivity index (χ0n) is 17.3. The van der Waals surface area contributed by atoms with Gasteiger partial charge in [-0.15, -0.1) is 0 Å². The summed E-state index contributed by atoms with van der Waals surface area (Å²) < 4.78 is 73.0. The molecule has 4 rings (SSSR count). The van der Waals surface area contributed by atoms with Gasteiger partial charge in [0, 0.05) is 6.54 Å². The van der Waals surface area contributed by atoms with Gasteiger partial charge in [-0.1, -0.05) is 42.5 Å². The second-order valence-corrected chi connectivity index (χ2v) is 11.1. The van der Waals surface area contributed by atoms with E-state index in [-0.39, 0.29) is 15.6 Å². The van der Waals surface area contributed by atoms with E-state index in [2.05, 4.69) is 4.72 Å². The molecule has 0 spiro atoms. The van der Waals surface area contributed by atoms with E-state index in [9.17, 15) is 21.2 Å². The Bertz CT molecular complexity index is 1420. The summed E-state index contributed by atoms with van der Waals surface area (Å²) in [5, 5.41) is -1.34. The Hall–Kier alpha value is -3.27. The van der Waals surface area contributed by atoms with E-state index in [1.54, 1.807) is 12.1 Å². The first-order valence-corrected chi connectivity index (χ1v) is 13.0. The zero-order chi connectivity index (χ0) is 23.5. The van der Waals surface area contributed by atoms with Crippen LogP contribution < -0.4 is 4.72 Å². The summed E-state index contributed by atoms with van der Waals surface area (Å²) >= 11 is 0. The maximum atomic E-state index is 13.3. The average molecular weight is 486 g/mol. The van der Waals surface area contributed by atoms with Gasteiger partial charge in [-0.3, -0.25) is 0 Å². The number of nitrogens with one attached hydrogen (secondary N) is 1. The van der Waals surface area contributed by atoms with Crippen LogP contribution in [0.25, 0.3) is 11.1 Å². The highest BCUT2D eigenvalue weighted by molar-refractivity contribution is 7.92. The van der Waals surface area contributed by atoms with Crippen LogP contribution in [0.15, 0.2) is 111 Å². The van der Waals surface area contributed by atoms with Crippen molar-refractivity contribution in [1.29, 1.82) is 0 Å². The number of sulfonamides is 1. The third-order valence-electron chi connectivity index (χ3n) is 5.11. The van der Waals surface area contributed by atoms with Crippen molar-refractivity contribution >= 4 is 19.9 Å². The van der Waals surface area contributed by atoms with Crippen molar-refractivity contribution in [3.63, 3.8) is 0 Å². The van der Waals surface area contributed by atoms with Crippen LogP contribution in [-0.4, -0.2) is 23.4 Å². The molecule has 0 amide bonds. The Kier molecular flexibility index (Phi) is 6.46.